The van der Waals surface area contributed by atoms with Crippen molar-refractivity contribution in [2.75, 3.05) is 5.32 Å². The standard InChI is InChI=1S/C24H24N2O2/c1-3-17(2)25-24(28)21-11-7-8-12-22(21)26-23(27)20-15-13-19(14-16-20)18-9-5-4-6-10-18/h4-17H,3H2,1-2H3,(H,25,28)(H,26,27). The maximum absolute atomic E-state index is 12.7. The summed E-state index contributed by atoms with van der Waals surface area (Å²) in [6, 6.07) is 24.5. The van der Waals surface area contributed by atoms with Crippen LogP contribution in [0.4, 0.5) is 5.69 Å². The Morgan fingerprint density at radius 1 is 0.786 bits per heavy atom. The van der Waals surface area contributed by atoms with Crippen molar-refractivity contribution in [2.24, 2.45) is 0 Å². The van der Waals surface area contributed by atoms with Gasteiger partial charge in [-0.25, -0.2) is 0 Å². The first-order valence-electron chi connectivity index (χ1n) is 9.45. The van der Waals surface area contributed by atoms with Gasteiger partial charge in [0.1, 0.15) is 0 Å². The van der Waals surface area contributed by atoms with Gasteiger partial charge < -0.3 is 10.6 Å². The van der Waals surface area contributed by atoms with Crippen molar-refractivity contribution in [2.45, 2.75) is 26.3 Å². The lowest BCUT2D eigenvalue weighted by Gasteiger charge is -2.14. The fourth-order valence-electron chi connectivity index (χ4n) is 2.83. The summed E-state index contributed by atoms with van der Waals surface area (Å²) in [6.07, 6.45) is 0.841. The van der Waals surface area contributed by atoms with E-state index in [1.807, 2.05) is 56.3 Å². The lowest BCUT2D eigenvalue weighted by Crippen LogP contribution is -2.32. The van der Waals surface area contributed by atoms with E-state index in [1.165, 1.54) is 0 Å². The highest BCUT2D eigenvalue weighted by Gasteiger charge is 2.15. The van der Waals surface area contributed by atoms with Crippen LogP contribution in [-0.2, 0) is 0 Å². The molecule has 0 radical (unpaired) electrons. The molecule has 0 spiro atoms. The molecular weight excluding hydrogens is 348 g/mol. The second-order valence-corrected chi connectivity index (χ2v) is 6.73. The van der Waals surface area contributed by atoms with Crippen molar-refractivity contribution in [1.82, 2.24) is 5.32 Å². The monoisotopic (exact) mass is 372 g/mol. The summed E-state index contributed by atoms with van der Waals surface area (Å²) in [4.78, 5) is 25.2. The Labute approximate surface area is 165 Å². The number of anilines is 1. The van der Waals surface area contributed by atoms with Gasteiger partial charge in [-0.3, -0.25) is 9.59 Å². The Morgan fingerprint density at radius 2 is 1.39 bits per heavy atom. The summed E-state index contributed by atoms with van der Waals surface area (Å²) in [5, 5.41) is 5.79. The van der Waals surface area contributed by atoms with Crippen molar-refractivity contribution >= 4 is 17.5 Å². The van der Waals surface area contributed by atoms with Crippen molar-refractivity contribution in [3.8, 4) is 11.1 Å². The number of rotatable bonds is 6. The van der Waals surface area contributed by atoms with Crippen LogP contribution in [0.1, 0.15) is 41.0 Å². The highest BCUT2D eigenvalue weighted by atomic mass is 16.2. The summed E-state index contributed by atoms with van der Waals surface area (Å²) in [7, 11) is 0. The highest BCUT2D eigenvalue weighted by molar-refractivity contribution is 6.09. The van der Waals surface area contributed by atoms with E-state index in [-0.39, 0.29) is 17.9 Å². The van der Waals surface area contributed by atoms with E-state index < -0.39 is 0 Å². The van der Waals surface area contributed by atoms with E-state index in [4.69, 9.17) is 0 Å². The van der Waals surface area contributed by atoms with Crippen LogP contribution >= 0.6 is 0 Å². The molecule has 2 N–H and O–H groups in total. The normalized spacial score (nSPS) is 11.5. The van der Waals surface area contributed by atoms with Gasteiger partial charge in [-0.1, -0.05) is 61.5 Å². The Bertz CT molecular complexity index is 950. The smallest absolute Gasteiger partial charge is 0.255 e. The molecular formula is C24H24N2O2. The van der Waals surface area contributed by atoms with Gasteiger partial charge in [0.2, 0.25) is 0 Å². The minimum atomic E-state index is -0.247. The first kappa shape index (κ1) is 19.4. The summed E-state index contributed by atoms with van der Waals surface area (Å²) >= 11 is 0. The lowest BCUT2D eigenvalue weighted by molar-refractivity contribution is 0.0940. The third kappa shape index (κ3) is 4.65. The first-order valence-corrected chi connectivity index (χ1v) is 9.45. The molecule has 0 aromatic heterocycles. The van der Waals surface area contributed by atoms with Gasteiger partial charge >= 0.3 is 0 Å². The van der Waals surface area contributed by atoms with Crippen LogP contribution in [0.5, 0.6) is 0 Å². The second kappa shape index (κ2) is 9.00. The van der Waals surface area contributed by atoms with Gasteiger partial charge in [-0.15, -0.1) is 0 Å². The average molecular weight is 372 g/mol. The van der Waals surface area contributed by atoms with Crippen LogP contribution in [0.2, 0.25) is 0 Å². The van der Waals surface area contributed by atoms with E-state index in [0.29, 0.717) is 16.8 Å². The fourth-order valence-corrected chi connectivity index (χ4v) is 2.83. The van der Waals surface area contributed by atoms with Gasteiger partial charge in [0.25, 0.3) is 11.8 Å². The zero-order chi connectivity index (χ0) is 19.9. The van der Waals surface area contributed by atoms with E-state index in [0.717, 1.165) is 17.5 Å². The molecule has 0 aliphatic carbocycles. The molecule has 0 aliphatic heterocycles. The number of nitrogens with one attached hydrogen (secondary N) is 2. The molecule has 0 aliphatic rings. The number of hydrogen-bond acceptors (Lipinski definition) is 2. The molecule has 0 saturated heterocycles. The van der Waals surface area contributed by atoms with Gasteiger partial charge in [-0.05, 0) is 48.7 Å². The van der Waals surface area contributed by atoms with Crippen LogP contribution < -0.4 is 10.6 Å². The third-order valence-corrected chi connectivity index (χ3v) is 4.66. The average Bonchev–Trinajstić information content (AvgIpc) is 2.74. The summed E-state index contributed by atoms with van der Waals surface area (Å²) in [5.74, 6) is -0.437. The predicted octanol–water partition coefficient (Wildman–Crippen LogP) is 5.13. The molecule has 1 atom stereocenters. The quantitative estimate of drug-likeness (QED) is 0.630. The summed E-state index contributed by atoms with van der Waals surface area (Å²) in [6.45, 7) is 3.96. The van der Waals surface area contributed by atoms with E-state index in [2.05, 4.69) is 10.6 Å². The van der Waals surface area contributed by atoms with Gasteiger partial charge in [0.05, 0.1) is 11.3 Å². The van der Waals surface area contributed by atoms with Crippen molar-refractivity contribution < 1.29 is 9.59 Å². The molecule has 0 bridgehead atoms. The predicted molar refractivity (Wildman–Crippen MR) is 113 cm³/mol. The van der Waals surface area contributed by atoms with Crippen LogP contribution in [0.15, 0.2) is 78.9 Å². The largest absolute Gasteiger partial charge is 0.350 e. The van der Waals surface area contributed by atoms with Crippen LogP contribution in [0, 0.1) is 0 Å². The molecule has 1 unspecified atom stereocenters. The molecule has 4 nitrogen and oxygen atoms in total. The Hall–Kier alpha value is -3.40. The van der Waals surface area contributed by atoms with Crippen molar-refractivity contribution in [1.29, 1.82) is 0 Å². The molecule has 0 fully saturated rings. The topological polar surface area (TPSA) is 58.2 Å². The van der Waals surface area contributed by atoms with Crippen LogP contribution in [-0.4, -0.2) is 17.9 Å². The molecule has 4 heteroatoms. The number of benzene rings is 3. The number of para-hydroxylation sites is 1. The van der Waals surface area contributed by atoms with E-state index in [9.17, 15) is 9.59 Å². The molecule has 2 amide bonds. The number of hydrogen-bond donors (Lipinski definition) is 2. The minimum Gasteiger partial charge on any atom is -0.350 e. The zero-order valence-corrected chi connectivity index (χ0v) is 16.1. The van der Waals surface area contributed by atoms with Crippen LogP contribution in [0.3, 0.4) is 0 Å². The first-order chi connectivity index (χ1) is 13.6. The molecule has 3 aromatic carbocycles. The van der Waals surface area contributed by atoms with Crippen LogP contribution in [0.25, 0.3) is 11.1 Å². The number of carbonyl (C=O) groups is 2. The molecule has 0 saturated carbocycles. The molecule has 0 heterocycles. The molecule has 28 heavy (non-hydrogen) atoms. The third-order valence-electron chi connectivity index (χ3n) is 4.66. The van der Waals surface area contributed by atoms with Crippen molar-refractivity contribution in [3.05, 3.63) is 90.0 Å². The SMILES string of the molecule is CCC(C)NC(=O)c1ccccc1NC(=O)c1ccc(-c2ccccc2)cc1. The summed E-state index contributed by atoms with van der Waals surface area (Å²) < 4.78 is 0. The second-order valence-electron chi connectivity index (χ2n) is 6.73. The van der Waals surface area contributed by atoms with Gasteiger partial charge in [0, 0.05) is 11.6 Å². The zero-order valence-electron chi connectivity index (χ0n) is 16.1. The van der Waals surface area contributed by atoms with Gasteiger partial charge in [-0.2, -0.15) is 0 Å². The fraction of sp³-hybridized carbons (Fsp3) is 0.167. The Morgan fingerprint density at radius 3 is 2.07 bits per heavy atom. The lowest BCUT2D eigenvalue weighted by atomic mass is 10.0. The van der Waals surface area contributed by atoms with E-state index in [1.54, 1.807) is 36.4 Å². The maximum atomic E-state index is 12.7. The molecule has 3 aromatic rings. The summed E-state index contributed by atoms with van der Waals surface area (Å²) in [5.41, 5.74) is 3.64. The van der Waals surface area contributed by atoms with Gasteiger partial charge in [0.15, 0.2) is 0 Å². The number of carbonyl (C=O) groups excluding carboxylic acids is 2. The molecule has 3 rings (SSSR count). The number of amides is 2. The molecule has 142 valence electrons. The van der Waals surface area contributed by atoms with E-state index >= 15 is 0 Å². The van der Waals surface area contributed by atoms with Crippen molar-refractivity contribution in [3.63, 3.8) is 0 Å². The Balaban J connectivity index is 1.76. The Kier molecular flexibility index (Phi) is 6.22. The minimum absolute atomic E-state index is 0.0711. The highest BCUT2D eigenvalue weighted by Crippen LogP contribution is 2.21. The maximum Gasteiger partial charge on any atom is 0.255 e.